The molecule has 2 amide bonds. The summed E-state index contributed by atoms with van der Waals surface area (Å²) in [4.78, 5) is 27.3. The highest BCUT2D eigenvalue weighted by molar-refractivity contribution is 6.46. The summed E-state index contributed by atoms with van der Waals surface area (Å²) in [6.45, 7) is 1.91. The van der Waals surface area contributed by atoms with Gasteiger partial charge in [-0.05, 0) is 66.6 Å². The number of amides is 2. The fourth-order valence-electron chi connectivity index (χ4n) is 3.22. The Balaban J connectivity index is 1.82. The molecule has 4 nitrogen and oxygen atoms in total. The summed E-state index contributed by atoms with van der Waals surface area (Å²) < 4.78 is 26.7. The Labute approximate surface area is 166 Å². The number of nitrogens with zero attached hydrogens (tertiary/aromatic N) is 1. The molecule has 0 spiro atoms. The summed E-state index contributed by atoms with van der Waals surface area (Å²) in [6.07, 6.45) is 0. The van der Waals surface area contributed by atoms with Crippen LogP contribution in [0.2, 0.25) is 0 Å². The lowest BCUT2D eigenvalue weighted by molar-refractivity contribution is -0.120. The summed E-state index contributed by atoms with van der Waals surface area (Å²) in [7, 11) is 0. The van der Waals surface area contributed by atoms with Crippen molar-refractivity contribution in [1.29, 1.82) is 0 Å². The number of hydrogen-bond acceptors (Lipinski definition) is 3. The maximum Gasteiger partial charge on any atom is 0.282 e. The number of anilines is 2. The third-order valence-electron chi connectivity index (χ3n) is 4.59. The van der Waals surface area contributed by atoms with E-state index in [4.69, 9.17) is 0 Å². The van der Waals surface area contributed by atoms with Crippen molar-refractivity contribution in [3.8, 4) is 0 Å². The number of rotatable bonds is 4. The Morgan fingerprint density at radius 2 is 1.41 bits per heavy atom. The summed E-state index contributed by atoms with van der Waals surface area (Å²) in [5.74, 6) is -2.06. The van der Waals surface area contributed by atoms with Crippen LogP contribution in [0.4, 0.5) is 20.2 Å². The number of benzene rings is 3. The zero-order valence-corrected chi connectivity index (χ0v) is 15.4. The first-order valence-electron chi connectivity index (χ1n) is 8.92. The summed E-state index contributed by atoms with van der Waals surface area (Å²) in [5.41, 5.74) is 2.48. The highest BCUT2D eigenvalue weighted by Gasteiger charge is 2.40. The van der Waals surface area contributed by atoms with Crippen LogP contribution in [0, 0.1) is 18.6 Å². The van der Waals surface area contributed by atoms with Gasteiger partial charge in [-0.1, -0.05) is 24.3 Å². The van der Waals surface area contributed by atoms with Gasteiger partial charge in [0.1, 0.15) is 17.3 Å². The number of aryl methyl sites for hydroxylation is 1. The highest BCUT2D eigenvalue weighted by atomic mass is 19.1. The van der Waals surface area contributed by atoms with E-state index in [2.05, 4.69) is 5.32 Å². The molecule has 0 saturated heterocycles. The molecular weight excluding hydrogens is 374 g/mol. The molecule has 0 aromatic heterocycles. The average molecular weight is 390 g/mol. The zero-order valence-electron chi connectivity index (χ0n) is 15.4. The van der Waals surface area contributed by atoms with Crippen molar-refractivity contribution in [3.63, 3.8) is 0 Å². The van der Waals surface area contributed by atoms with Gasteiger partial charge in [0.25, 0.3) is 11.8 Å². The number of carbonyl (C=O) groups is 2. The summed E-state index contributed by atoms with van der Waals surface area (Å²) >= 11 is 0. The van der Waals surface area contributed by atoms with Crippen molar-refractivity contribution < 1.29 is 18.4 Å². The lowest BCUT2D eigenvalue weighted by Gasteiger charge is -2.15. The van der Waals surface area contributed by atoms with Crippen LogP contribution in [0.15, 0.2) is 78.5 Å². The first-order chi connectivity index (χ1) is 13.9. The van der Waals surface area contributed by atoms with E-state index in [9.17, 15) is 18.4 Å². The maximum absolute atomic E-state index is 13.4. The average Bonchev–Trinajstić information content (AvgIpc) is 2.93. The maximum atomic E-state index is 13.4. The summed E-state index contributed by atoms with van der Waals surface area (Å²) in [6, 6.07) is 17.8. The minimum Gasteiger partial charge on any atom is -0.350 e. The van der Waals surface area contributed by atoms with Gasteiger partial charge >= 0.3 is 0 Å². The van der Waals surface area contributed by atoms with Crippen LogP contribution in [-0.2, 0) is 9.59 Å². The van der Waals surface area contributed by atoms with Crippen LogP contribution >= 0.6 is 0 Å². The molecule has 0 radical (unpaired) electrons. The lowest BCUT2D eigenvalue weighted by atomic mass is 10.0. The number of nitrogens with one attached hydrogen (secondary N) is 1. The predicted octanol–water partition coefficient (Wildman–Crippen LogP) is 4.67. The van der Waals surface area contributed by atoms with Crippen molar-refractivity contribution in [3.05, 3.63) is 101 Å². The Hall–Kier alpha value is -3.80. The van der Waals surface area contributed by atoms with E-state index < -0.39 is 23.4 Å². The molecule has 1 N–H and O–H groups in total. The molecule has 0 saturated carbocycles. The van der Waals surface area contributed by atoms with Crippen LogP contribution < -0.4 is 10.2 Å². The van der Waals surface area contributed by atoms with Gasteiger partial charge in [0.2, 0.25) is 0 Å². The predicted molar refractivity (Wildman–Crippen MR) is 107 cm³/mol. The Morgan fingerprint density at radius 1 is 0.793 bits per heavy atom. The monoisotopic (exact) mass is 390 g/mol. The van der Waals surface area contributed by atoms with E-state index >= 15 is 0 Å². The van der Waals surface area contributed by atoms with Gasteiger partial charge in [0.05, 0.1) is 11.3 Å². The molecule has 4 rings (SSSR count). The molecule has 1 aliphatic heterocycles. The normalized spacial score (nSPS) is 14.0. The van der Waals surface area contributed by atoms with Gasteiger partial charge in [0, 0.05) is 5.69 Å². The molecule has 1 aliphatic rings. The molecule has 0 bridgehead atoms. The molecule has 0 aliphatic carbocycles. The SMILES string of the molecule is Cc1cccc(NC2=C(c3ccc(F)cc3)C(=O)N(c3ccc(F)cc3)C2=O)c1. The van der Waals surface area contributed by atoms with Gasteiger partial charge in [-0.15, -0.1) is 0 Å². The van der Waals surface area contributed by atoms with Crippen molar-refractivity contribution in [2.45, 2.75) is 6.92 Å². The molecule has 29 heavy (non-hydrogen) atoms. The minimum absolute atomic E-state index is 0.0801. The molecule has 1 heterocycles. The quantitative estimate of drug-likeness (QED) is 0.659. The molecule has 0 unspecified atom stereocenters. The highest BCUT2D eigenvalue weighted by Crippen LogP contribution is 2.34. The van der Waals surface area contributed by atoms with Crippen molar-refractivity contribution in [2.24, 2.45) is 0 Å². The molecule has 0 fully saturated rings. The van der Waals surface area contributed by atoms with Gasteiger partial charge < -0.3 is 5.32 Å². The second kappa shape index (κ2) is 7.31. The standard InChI is InChI=1S/C23H16F2N2O2/c1-14-3-2-4-18(13-14)26-21-20(15-5-7-16(24)8-6-15)22(28)27(23(21)29)19-11-9-17(25)10-12-19/h2-13,26H,1H3. The van der Waals surface area contributed by atoms with Crippen LogP contribution in [0.5, 0.6) is 0 Å². The molecular formula is C23H16F2N2O2. The third-order valence-corrected chi connectivity index (χ3v) is 4.59. The van der Waals surface area contributed by atoms with Crippen molar-refractivity contribution in [1.82, 2.24) is 0 Å². The summed E-state index contributed by atoms with van der Waals surface area (Å²) in [5, 5.41) is 3.04. The van der Waals surface area contributed by atoms with E-state index in [0.717, 1.165) is 10.5 Å². The molecule has 0 atom stereocenters. The molecule has 144 valence electrons. The Bertz CT molecular complexity index is 1140. The van der Waals surface area contributed by atoms with E-state index in [1.807, 2.05) is 25.1 Å². The van der Waals surface area contributed by atoms with Gasteiger partial charge in [-0.3, -0.25) is 9.59 Å². The number of carbonyl (C=O) groups excluding carboxylic acids is 2. The van der Waals surface area contributed by atoms with Gasteiger partial charge in [0.15, 0.2) is 0 Å². The molecule has 6 heteroatoms. The van der Waals surface area contributed by atoms with Gasteiger partial charge in [-0.2, -0.15) is 0 Å². The van der Waals surface area contributed by atoms with Crippen LogP contribution in [0.3, 0.4) is 0 Å². The Kier molecular flexibility index (Phi) is 4.68. The fraction of sp³-hybridized carbons (Fsp3) is 0.0435. The van der Waals surface area contributed by atoms with Crippen LogP contribution in [-0.4, -0.2) is 11.8 Å². The van der Waals surface area contributed by atoms with Crippen molar-refractivity contribution >= 4 is 28.8 Å². The number of halogens is 2. The topological polar surface area (TPSA) is 49.4 Å². The smallest absolute Gasteiger partial charge is 0.282 e. The largest absolute Gasteiger partial charge is 0.350 e. The van der Waals surface area contributed by atoms with E-state index in [1.54, 1.807) is 6.07 Å². The number of hydrogen-bond donors (Lipinski definition) is 1. The minimum atomic E-state index is -0.567. The fourth-order valence-corrected chi connectivity index (χ4v) is 3.22. The Morgan fingerprint density at radius 3 is 2.03 bits per heavy atom. The van der Waals surface area contributed by atoms with Crippen molar-refractivity contribution in [2.75, 3.05) is 10.2 Å². The van der Waals surface area contributed by atoms with Gasteiger partial charge in [-0.25, -0.2) is 13.7 Å². The second-order valence-electron chi connectivity index (χ2n) is 6.67. The van der Waals surface area contributed by atoms with E-state index in [0.29, 0.717) is 11.3 Å². The lowest BCUT2D eigenvalue weighted by Crippen LogP contribution is -2.32. The second-order valence-corrected chi connectivity index (χ2v) is 6.67. The molecule has 3 aromatic rings. The third kappa shape index (κ3) is 3.52. The van der Waals surface area contributed by atoms with E-state index in [1.165, 1.54) is 48.5 Å². The first-order valence-corrected chi connectivity index (χ1v) is 8.92. The zero-order chi connectivity index (χ0) is 20.5. The van der Waals surface area contributed by atoms with Crippen LogP contribution in [0.1, 0.15) is 11.1 Å². The number of imide groups is 1. The van der Waals surface area contributed by atoms with Crippen LogP contribution in [0.25, 0.3) is 5.57 Å². The first kappa shape index (κ1) is 18.6. The van der Waals surface area contributed by atoms with E-state index in [-0.39, 0.29) is 17.0 Å². The molecule has 3 aromatic carbocycles.